The average Bonchev–Trinajstić information content (AvgIpc) is 3.33. The van der Waals surface area contributed by atoms with Gasteiger partial charge in [0.2, 0.25) is 0 Å². The van der Waals surface area contributed by atoms with E-state index in [1.807, 2.05) is 46.0 Å². The van der Waals surface area contributed by atoms with Crippen LogP contribution in [0.1, 0.15) is 41.5 Å². The smallest absolute Gasteiger partial charge is 0.272 e. The van der Waals surface area contributed by atoms with Crippen LogP contribution < -0.4 is 0 Å². The SMILES string of the molecule is O=C(c1cc(-c2ccsc2)n[nH]1)N1CCCC[C@@H]1c1ccccn1. The van der Waals surface area contributed by atoms with Crippen molar-refractivity contribution in [2.45, 2.75) is 25.3 Å². The standard InChI is InChI=1S/C18H18N4OS/c23-18(16-11-15(20-21-16)13-7-10-24-12-13)22-9-4-2-6-17(22)14-5-1-3-8-19-14/h1,3,5,7-8,10-12,17H,2,4,6,9H2,(H,20,21)/t17-/m1/s1. The molecular weight excluding hydrogens is 320 g/mol. The van der Waals surface area contributed by atoms with E-state index in [0.29, 0.717) is 5.69 Å². The number of rotatable bonds is 3. The maximum atomic E-state index is 13.0. The van der Waals surface area contributed by atoms with Crippen molar-refractivity contribution in [2.24, 2.45) is 0 Å². The number of likely N-dealkylation sites (tertiary alicyclic amines) is 1. The lowest BCUT2D eigenvalue weighted by Crippen LogP contribution is -2.39. The van der Waals surface area contributed by atoms with E-state index in [9.17, 15) is 4.79 Å². The number of thiophene rings is 1. The van der Waals surface area contributed by atoms with Crippen molar-refractivity contribution in [2.75, 3.05) is 6.54 Å². The van der Waals surface area contributed by atoms with Gasteiger partial charge in [0.15, 0.2) is 0 Å². The first-order chi connectivity index (χ1) is 11.8. The van der Waals surface area contributed by atoms with Crippen molar-refractivity contribution in [1.29, 1.82) is 0 Å². The number of carbonyl (C=O) groups excluding carboxylic acids is 1. The van der Waals surface area contributed by atoms with Crippen molar-refractivity contribution in [1.82, 2.24) is 20.1 Å². The van der Waals surface area contributed by atoms with E-state index in [2.05, 4.69) is 15.2 Å². The van der Waals surface area contributed by atoms with Crippen LogP contribution in [-0.2, 0) is 0 Å². The molecule has 24 heavy (non-hydrogen) atoms. The van der Waals surface area contributed by atoms with Gasteiger partial charge in [-0.15, -0.1) is 0 Å². The molecule has 0 spiro atoms. The topological polar surface area (TPSA) is 61.9 Å². The molecule has 0 unspecified atom stereocenters. The fraction of sp³-hybridized carbons (Fsp3) is 0.278. The Morgan fingerprint density at radius 2 is 2.25 bits per heavy atom. The van der Waals surface area contributed by atoms with Gasteiger partial charge in [-0.1, -0.05) is 6.07 Å². The average molecular weight is 338 g/mol. The molecule has 1 amide bonds. The van der Waals surface area contributed by atoms with Gasteiger partial charge in [0.25, 0.3) is 5.91 Å². The molecule has 0 aliphatic carbocycles. The van der Waals surface area contributed by atoms with Crippen molar-refractivity contribution in [3.05, 3.63) is 58.7 Å². The van der Waals surface area contributed by atoms with Crippen LogP contribution in [0.3, 0.4) is 0 Å². The monoisotopic (exact) mass is 338 g/mol. The summed E-state index contributed by atoms with van der Waals surface area (Å²) in [4.78, 5) is 19.4. The molecule has 1 saturated heterocycles. The first-order valence-corrected chi connectivity index (χ1v) is 9.07. The minimum Gasteiger partial charge on any atom is -0.329 e. The highest BCUT2D eigenvalue weighted by atomic mass is 32.1. The Morgan fingerprint density at radius 3 is 3.04 bits per heavy atom. The van der Waals surface area contributed by atoms with Gasteiger partial charge in [-0.25, -0.2) is 0 Å². The van der Waals surface area contributed by atoms with E-state index in [1.165, 1.54) is 0 Å². The Bertz CT molecular complexity index is 813. The minimum atomic E-state index is -0.000618. The lowest BCUT2D eigenvalue weighted by molar-refractivity contribution is 0.0600. The number of carbonyl (C=O) groups is 1. The second kappa shape index (κ2) is 6.57. The number of H-pyrrole nitrogens is 1. The molecule has 1 N–H and O–H groups in total. The predicted molar refractivity (Wildman–Crippen MR) is 93.8 cm³/mol. The summed E-state index contributed by atoms with van der Waals surface area (Å²) < 4.78 is 0. The zero-order valence-corrected chi connectivity index (χ0v) is 14.0. The normalized spacial score (nSPS) is 17.8. The number of pyridine rings is 1. The quantitative estimate of drug-likeness (QED) is 0.788. The highest BCUT2D eigenvalue weighted by Gasteiger charge is 2.30. The van der Waals surface area contributed by atoms with Crippen LogP contribution in [0.2, 0.25) is 0 Å². The van der Waals surface area contributed by atoms with Gasteiger partial charge in [-0.05, 0) is 48.9 Å². The molecular formula is C18H18N4OS. The highest BCUT2D eigenvalue weighted by Crippen LogP contribution is 2.31. The van der Waals surface area contributed by atoms with Crippen molar-refractivity contribution >= 4 is 17.2 Å². The Morgan fingerprint density at radius 1 is 1.29 bits per heavy atom. The van der Waals surface area contributed by atoms with Gasteiger partial charge in [0.05, 0.1) is 17.4 Å². The number of amides is 1. The molecule has 3 aromatic heterocycles. The predicted octanol–water partition coefficient (Wildman–Crippen LogP) is 3.90. The number of nitrogens with one attached hydrogen (secondary N) is 1. The van der Waals surface area contributed by atoms with Gasteiger partial charge < -0.3 is 4.90 Å². The summed E-state index contributed by atoms with van der Waals surface area (Å²) in [5.41, 5.74) is 3.35. The lowest BCUT2D eigenvalue weighted by atomic mass is 9.98. The first kappa shape index (κ1) is 15.1. The fourth-order valence-corrected chi connectivity index (χ4v) is 3.85. The Kier molecular flexibility index (Phi) is 4.13. The highest BCUT2D eigenvalue weighted by molar-refractivity contribution is 7.08. The van der Waals surface area contributed by atoms with Crippen LogP contribution in [-0.4, -0.2) is 32.5 Å². The van der Waals surface area contributed by atoms with Crippen molar-refractivity contribution in [3.8, 4) is 11.3 Å². The fourth-order valence-electron chi connectivity index (χ4n) is 3.20. The molecule has 0 aromatic carbocycles. The largest absolute Gasteiger partial charge is 0.329 e. The van der Waals surface area contributed by atoms with Gasteiger partial charge in [0, 0.05) is 23.7 Å². The first-order valence-electron chi connectivity index (χ1n) is 8.13. The van der Waals surface area contributed by atoms with E-state index in [1.54, 1.807) is 17.5 Å². The minimum absolute atomic E-state index is 0.000618. The summed E-state index contributed by atoms with van der Waals surface area (Å²) in [6.45, 7) is 0.757. The van der Waals surface area contributed by atoms with Gasteiger partial charge >= 0.3 is 0 Å². The Balaban J connectivity index is 1.60. The number of piperidine rings is 1. The van der Waals surface area contributed by atoms with Crippen LogP contribution in [0, 0.1) is 0 Å². The van der Waals surface area contributed by atoms with Crippen LogP contribution in [0.4, 0.5) is 0 Å². The van der Waals surface area contributed by atoms with E-state index in [-0.39, 0.29) is 11.9 Å². The second-order valence-corrected chi connectivity index (χ2v) is 6.72. The molecule has 4 rings (SSSR count). The van der Waals surface area contributed by atoms with Gasteiger partial charge in [-0.3, -0.25) is 14.9 Å². The zero-order valence-electron chi connectivity index (χ0n) is 13.2. The van der Waals surface area contributed by atoms with Crippen molar-refractivity contribution < 1.29 is 4.79 Å². The molecule has 1 aliphatic heterocycles. The van der Waals surface area contributed by atoms with E-state index >= 15 is 0 Å². The van der Waals surface area contributed by atoms with E-state index in [0.717, 1.165) is 42.8 Å². The number of hydrogen-bond donors (Lipinski definition) is 1. The molecule has 1 fully saturated rings. The molecule has 6 heteroatoms. The van der Waals surface area contributed by atoms with Crippen LogP contribution in [0.5, 0.6) is 0 Å². The summed E-state index contributed by atoms with van der Waals surface area (Å²) >= 11 is 1.62. The Labute approximate surface area is 144 Å². The summed E-state index contributed by atoms with van der Waals surface area (Å²) in [5, 5.41) is 11.2. The van der Waals surface area contributed by atoms with Crippen LogP contribution >= 0.6 is 11.3 Å². The number of aromatic amines is 1. The summed E-state index contributed by atoms with van der Waals surface area (Å²) in [6.07, 6.45) is 4.89. The molecule has 4 heterocycles. The van der Waals surface area contributed by atoms with Crippen LogP contribution in [0.25, 0.3) is 11.3 Å². The maximum absolute atomic E-state index is 13.0. The third-order valence-electron chi connectivity index (χ3n) is 4.42. The molecule has 0 saturated carbocycles. The molecule has 0 radical (unpaired) electrons. The summed E-state index contributed by atoms with van der Waals surface area (Å²) in [7, 11) is 0. The zero-order chi connectivity index (χ0) is 16.4. The third kappa shape index (κ3) is 2.85. The molecule has 1 aliphatic rings. The van der Waals surface area contributed by atoms with Gasteiger partial charge in [0.1, 0.15) is 5.69 Å². The van der Waals surface area contributed by atoms with Crippen LogP contribution in [0.15, 0.2) is 47.3 Å². The summed E-state index contributed by atoms with van der Waals surface area (Å²) in [6, 6.07) is 9.77. The second-order valence-electron chi connectivity index (χ2n) is 5.94. The maximum Gasteiger partial charge on any atom is 0.272 e. The van der Waals surface area contributed by atoms with Gasteiger partial charge in [-0.2, -0.15) is 16.4 Å². The molecule has 5 nitrogen and oxygen atoms in total. The Hall–Kier alpha value is -2.47. The number of aromatic nitrogens is 3. The molecule has 122 valence electrons. The molecule has 3 aromatic rings. The molecule has 1 atom stereocenters. The van der Waals surface area contributed by atoms with E-state index in [4.69, 9.17) is 0 Å². The number of hydrogen-bond acceptors (Lipinski definition) is 4. The third-order valence-corrected chi connectivity index (χ3v) is 5.10. The lowest BCUT2D eigenvalue weighted by Gasteiger charge is -2.35. The molecule has 0 bridgehead atoms. The summed E-state index contributed by atoms with van der Waals surface area (Å²) in [5.74, 6) is -0.000618. The number of nitrogens with zero attached hydrogens (tertiary/aromatic N) is 3. The van der Waals surface area contributed by atoms with Crippen molar-refractivity contribution in [3.63, 3.8) is 0 Å². The van der Waals surface area contributed by atoms with E-state index < -0.39 is 0 Å².